The van der Waals surface area contributed by atoms with Crippen LogP contribution in [-0.2, 0) is 12.8 Å². The minimum absolute atomic E-state index is 0.345. The lowest BCUT2D eigenvalue weighted by molar-refractivity contribution is 0.0702. The molecule has 0 radical (unpaired) electrons. The van der Waals surface area contributed by atoms with Crippen molar-refractivity contribution in [3.63, 3.8) is 0 Å². The number of hydrogen-bond acceptors (Lipinski definition) is 4. The molecule has 1 aliphatic carbocycles. The van der Waals surface area contributed by atoms with Gasteiger partial charge in [-0.25, -0.2) is 4.79 Å². The molecule has 0 saturated carbocycles. The van der Waals surface area contributed by atoms with Crippen LogP contribution in [0, 0.1) is 11.3 Å². The molecule has 0 amide bonds. The van der Waals surface area contributed by atoms with Crippen LogP contribution in [0.15, 0.2) is 18.2 Å². The molecule has 5 heteroatoms. The van der Waals surface area contributed by atoms with E-state index in [1.807, 2.05) is 6.07 Å². The van der Waals surface area contributed by atoms with Gasteiger partial charge in [-0.1, -0.05) is 0 Å². The van der Waals surface area contributed by atoms with E-state index in [4.69, 9.17) is 9.84 Å². The van der Waals surface area contributed by atoms with Crippen molar-refractivity contribution in [1.82, 2.24) is 0 Å². The maximum Gasteiger partial charge on any atom is 0.345 e. The smallest absolute Gasteiger partial charge is 0.345 e. The molecule has 0 unspecified atom stereocenters. The van der Waals surface area contributed by atoms with Gasteiger partial charge in [0.2, 0.25) is 0 Å². The molecule has 2 aromatic rings. The third kappa shape index (κ3) is 1.77. The molecule has 4 nitrogen and oxygen atoms in total. The van der Waals surface area contributed by atoms with E-state index in [1.165, 1.54) is 11.3 Å². The van der Waals surface area contributed by atoms with Crippen LogP contribution in [0.3, 0.4) is 0 Å². The maximum atomic E-state index is 11.1. The van der Waals surface area contributed by atoms with Crippen molar-refractivity contribution in [3.8, 4) is 22.3 Å². The van der Waals surface area contributed by atoms with Gasteiger partial charge in [0.05, 0.1) is 12.7 Å². The molecule has 3 rings (SSSR count). The summed E-state index contributed by atoms with van der Waals surface area (Å²) in [5.74, 6) is -0.329. The number of carboxylic acids is 1. The van der Waals surface area contributed by atoms with E-state index in [0.29, 0.717) is 16.2 Å². The number of benzene rings is 1. The molecule has 0 spiro atoms. The molecular weight excluding hydrogens is 274 g/mol. The summed E-state index contributed by atoms with van der Waals surface area (Å²) < 4.78 is 5.22. The Balaban J connectivity index is 2.23. The van der Waals surface area contributed by atoms with Gasteiger partial charge in [-0.05, 0) is 47.7 Å². The average molecular weight is 285 g/mol. The lowest BCUT2D eigenvalue weighted by Crippen LogP contribution is -2.05. The van der Waals surface area contributed by atoms with E-state index in [9.17, 15) is 10.1 Å². The predicted molar refractivity (Wildman–Crippen MR) is 75.4 cm³/mol. The minimum Gasteiger partial charge on any atom is -0.495 e. The number of nitriles is 1. The van der Waals surface area contributed by atoms with Crippen molar-refractivity contribution >= 4 is 17.3 Å². The molecule has 1 aromatic heterocycles. The maximum absolute atomic E-state index is 11.1. The topological polar surface area (TPSA) is 70.3 Å². The molecule has 1 N–H and O–H groups in total. The van der Waals surface area contributed by atoms with Gasteiger partial charge in [0.1, 0.15) is 16.7 Å². The minimum atomic E-state index is -0.903. The Labute approximate surface area is 119 Å². The van der Waals surface area contributed by atoms with Crippen LogP contribution < -0.4 is 4.74 Å². The Morgan fingerprint density at radius 1 is 1.45 bits per heavy atom. The first-order chi connectivity index (χ1) is 9.65. The summed E-state index contributed by atoms with van der Waals surface area (Å²) in [6.07, 6.45) is 1.49. The SMILES string of the molecule is COc1ccc2c(c1C#N)CCc1cc(C(=O)O)sc1-2. The van der Waals surface area contributed by atoms with Gasteiger partial charge in [0.15, 0.2) is 0 Å². The zero-order valence-electron chi connectivity index (χ0n) is 10.8. The number of aromatic carboxylic acids is 1. The third-order valence-corrected chi connectivity index (χ3v) is 4.71. The molecule has 1 heterocycles. The average Bonchev–Trinajstić information content (AvgIpc) is 2.90. The van der Waals surface area contributed by atoms with Crippen LogP contribution in [0.25, 0.3) is 10.4 Å². The van der Waals surface area contributed by atoms with Gasteiger partial charge in [0, 0.05) is 4.88 Å². The van der Waals surface area contributed by atoms with E-state index < -0.39 is 5.97 Å². The second-order valence-electron chi connectivity index (χ2n) is 4.55. The summed E-state index contributed by atoms with van der Waals surface area (Å²) in [6.45, 7) is 0. The molecule has 1 aromatic carbocycles. The number of aryl methyl sites for hydroxylation is 1. The number of ether oxygens (including phenoxy) is 1. The normalized spacial score (nSPS) is 12.2. The van der Waals surface area contributed by atoms with Crippen molar-refractivity contribution in [2.75, 3.05) is 7.11 Å². The first kappa shape index (κ1) is 12.7. The van der Waals surface area contributed by atoms with Crippen molar-refractivity contribution in [2.45, 2.75) is 12.8 Å². The number of carboxylic acid groups (broad SMARTS) is 1. The second-order valence-corrected chi connectivity index (χ2v) is 5.60. The number of fused-ring (bicyclic) bond motifs is 3. The summed E-state index contributed by atoms with van der Waals surface area (Å²) >= 11 is 1.27. The molecule has 0 fully saturated rings. The van der Waals surface area contributed by atoms with E-state index in [1.54, 1.807) is 19.2 Å². The van der Waals surface area contributed by atoms with Gasteiger partial charge >= 0.3 is 5.97 Å². The molecule has 0 saturated heterocycles. The summed E-state index contributed by atoms with van der Waals surface area (Å²) in [5.41, 5.74) is 3.52. The lowest BCUT2D eigenvalue weighted by atomic mass is 9.88. The highest BCUT2D eigenvalue weighted by Gasteiger charge is 2.24. The highest BCUT2D eigenvalue weighted by atomic mass is 32.1. The van der Waals surface area contributed by atoms with E-state index >= 15 is 0 Å². The summed E-state index contributed by atoms with van der Waals surface area (Å²) in [7, 11) is 1.55. The number of carbonyl (C=O) groups is 1. The Morgan fingerprint density at radius 3 is 2.90 bits per heavy atom. The largest absolute Gasteiger partial charge is 0.495 e. The van der Waals surface area contributed by atoms with Crippen LogP contribution in [0.2, 0.25) is 0 Å². The number of hydrogen-bond donors (Lipinski definition) is 1. The Hall–Kier alpha value is -2.32. The van der Waals surface area contributed by atoms with Crippen LogP contribution >= 0.6 is 11.3 Å². The van der Waals surface area contributed by atoms with Crippen molar-refractivity contribution < 1.29 is 14.6 Å². The number of thiophene rings is 1. The molecule has 20 heavy (non-hydrogen) atoms. The van der Waals surface area contributed by atoms with Gasteiger partial charge in [0.25, 0.3) is 0 Å². The molecule has 0 aliphatic heterocycles. The fourth-order valence-electron chi connectivity index (χ4n) is 2.60. The number of rotatable bonds is 2. The van der Waals surface area contributed by atoms with E-state index in [0.717, 1.165) is 34.4 Å². The first-order valence-corrected chi connectivity index (χ1v) is 6.93. The van der Waals surface area contributed by atoms with Crippen LogP contribution in [0.5, 0.6) is 5.75 Å². The van der Waals surface area contributed by atoms with Gasteiger partial charge in [-0.2, -0.15) is 5.26 Å². The molecule has 0 atom stereocenters. The van der Waals surface area contributed by atoms with Gasteiger partial charge in [-0.15, -0.1) is 11.3 Å². The fraction of sp³-hybridized carbons (Fsp3) is 0.200. The third-order valence-electron chi connectivity index (χ3n) is 3.52. The summed E-state index contributed by atoms with van der Waals surface area (Å²) in [4.78, 5) is 12.4. The van der Waals surface area contributed by atoms with Crippen molar-refractivity contribution in [1.29, 1.82) is 5.26 Å². The molecule has 1 aliphatic rings. The first-order valence-electron chi connectivity index (χ1n) is 6.12. The fourth-order valence-corrected chi connectivity index (χ4v) is 3.70. The van der Waals surface area contributed by atoms with Gasteiger partial charge in [-0.3, -0.25) is 0 Å². The number of nitrogens with zero attached hydrogens (tertiary/aromatic N) is 1. The second kappa shape index (κ2) is 4.66. The Bertz CT molecular complexity index is 755. The summed E-state index contributed by atoms with van der Waals surface area (Å²) in [6, 6.07) is 7.62. The monoisotopic (exact) mass is 285 g/mol. The summed E-state index contributed by atoms with van der Waals surface area (Å²) in [5, 5.41) is 18.4. The highest BCUT2D eigenvalue weighted by molar-refractivity contribution is 7.17. The van der Waals surface area contributed by atoms with Crippen LogP contribution in [-0.4, -0.2) is 18.2 Å². The standard InChI is InChI=1S/C15H11NO3S/c1-19-12-5-4-10-9(11(12)7-16)3-2-8-6-13(15(17)18)20-14(8)10/h4-6H,2-3H2,1H3,(H,17,18). The van der Waals surface area contributed by atoms with Crippen LogP contribution in [0.1, 0.15) is 26.4 Å². The molecule has 100 valence electrons. The number of methoxy groups -OCH3 is 1. The van der Waals surface area contributed by atoms with E-state index in [2.05, 4.69) is 6.07 Å². The highest BCUT2D eigenvalue weighted by Crippen LogP contribution is 2.42. The Morgan fingerprint density at radius 2 is 2.25 bits per heavy atom. The van der Waals surface area contributed by atoms with Crippen LogP contribution in [0.4, 0.5) is 0 Å². The van der Waals surface area contributed by atoms with E-state index in [-0.39, 0.29) is 0 Å². The van der Waals surface area contributed by atoms with Gasteiger partial charge < -0.3 is 9.84 Å². The lowest BCUT2D eigenvalue weighted by Gasteiger charge is -2.18. The molecule has 0 bridgehead atoms. The zero-order chi connectivity index (χ0) is 14.3. The zero-order valence-corrected chi connectivity index (χ0v) is 11.6. The molecular formula is C15H11NO3S. The van der Waals surface area contributed by atoms with Crippen molar-refractivity contribution in [3.05, 3.63) is 39.8 Å². The Kier molecular flexibility index (Phi) is 2.96. The predicted octanol–water partition coefficient (Wildman–Crippen LogP) is 3.09. The van der Waals surface area contributed by atoms with Crippen molar-refractivity contribution in [2.24, 2.45) is 0 Å². The quantitative estimate of drug-likeness (QED) is 0.920.